The quantitative estimate of drug-likeness (QED) is 0.611. The lowest BCUT2D eigenvalue weighted by atomic mass is 10.2. The van der Waals surface area contributed by atoms with Gasteiger partial charge >= 0.3 is 11.2 Å². The largest absolute Gasteiger partial charge is 0.493 e. The minimum Gasteiger partial charge on any atom is -0.493 e. The lowest BCUT2D eigenvalue weighted by Gasteiger charge is -2.09. The summed E-state index contributed by atoms with van der Waals surface area (Å²) in [6.45, 7) is 2.36. The molecule has 2 aromatic rings. The van der Waals surface area contributed by atoms with Gasteiger partial charge in [-0.25, -0.2) is 0 Å². The van der Waals surface area contributed by atoms with Crippen molar-refractivity contribution in [2.75, 3.05) is 13.7 Å². The van der Waals surface area contributed by atoms with E-state index in [0.29, 0.717) is 18.1 Å². The van der Waals surface area contributed by atoms with Crippen LogP contribution in [-0.2, 0) is 0 Å². The van der Waals surface area contributed by atoms with Gasteiger partial charge in [-0.15, -0.1) is 0 Å². The first-order valence-corrected chi connectivity index (χ1v) is 6.92. The monoisotopic (exact) mass is 333 g/mol. The first-order valence-electron chi connectivity index (χ1n) is 6.92. The summed E-state index contributed by atoms with van der Waals surface area (Å²) in [6.07, 6.45) is 3.00. The fourth-order valence-corrected chi connectivity index (χ4v) is 1.95. The number of ether oxygens (including phenoxy) is 2. The molecule has 1 aromatic carbocycles. The van der Waals surface area contributed by atoms with Crippen molar-refractivity contribution in [1.29, 1.82) is 0 Å². The summed E-state index contributed by atoms with van der Waals surface area (Å²) in [5, 5.41) is 20.1. The predicted octanol–water partition coefficient (Wildman–Crippen LogP) is 1.96. The molecular formula is C15H15N3O6. The number of rotatable bonds is 6. The molecule has 0 atom stereocenters. The third-order valence-electron chi connectivity index (χ3n) is 3.00. The molecule has 9 heteroatoms. The van der Waals surface area contributed by atoms with E-state index in [4.69, 9.17) is 9.47 Å². The van der Waals surface area contributed by atoms with Crippen molar-refractivity contribution in [1.82, 2.24) is 9.97 Å². The summed E-state index contributed by atoms with van der Waals surface area (Å²) < 4.78 is 10.6. The molecule has 2 N–H and O–H groups in total. The smallest absolute Gasteiger partial charge is 0.395 e. The highest BCUT2D eigenvalue weighted by atomic mass is 16.6. The maximum atomic E-state index is 11.6. The molecule has 1 heterocycles. The van der Waals surface area contributed by atoms with Crippen molar-refractivity contribution in [3.05, 3.63) is 50.1 Å². The second-order valence-electron chi connectivity index (χ2n) is 4.56. The van der Waals surface area contributed by atoms with Gasteiger partial charge in [0.2, 0.25) is 0 Å². The molecule has 0 amide bonds. The van der Waals surface area contributed by atoms with Gasteiger partial charge in [-0.2, -0.15) is 4.98 Å². The average molecular weight is 333 g/mol. The maximum absolute atomic E-state index is 11.6. The molecule has 0 bridgehead atoms. The van der Waals surface area contributed by atoms with Gasteiger partial charge in [0.25, 0.3) is 5.88 Å². The van der Waals surface area contributed by atoms with Gasteiger partial charge in [-0.05, 0) is 30.7 Å². The predicted molar refractivity (Wildman–Crippen MR) is 86.3 cm³/mol. The van der Waals surface area contributed by atoms with E-state index in [1.54, 1.807) is 24.3 Å². The Kier molecular flexibility index (Phi) is 5.15. The van der Waals surface area contributed by atoms with Crippen LogP contribution in [0.2, 0.25) is 0 Å². The number of methoxy groups -OCH3 is 1. The second kappa shape index (κ2) is 7.27. The number of hydrogen-bond donors (Lipinski definition) is 2. The van der Waals surface area contributed by atoms with Crippen molar-refractivity contribution in [3.63, 3.8) is 0 Å². The standard InChI is InChI=1S/C15H15N3O6/c1-3-24-10-6-4-9(8-11(10)23-2)5-7-12-16-14(19)13(18(21)22)15(20)17-12/h4-8H,3H2,1-2H3,(H2,16,17,19,20)/b7-5-. The minimum atomic E-state index is -1.03. The lowest BCUT2D eigenvalue weighted by molar-refractivity contribution is -0.387. The highest BCUT2D eigenvalue weighted by Gasteiger charge is 2.21. The number of aromatic amines is 1. The van der Waals surface area contributed by atoms with Crippen LogP contribution in [0, 0.1) is 10.1 Å². The zero-order valence-corrected chi connectivity index (χ0v) is 13.0. The van der Waals surface area contributed by atoms with E-state index in [1.165, 1.54) is 13.2 Å². The minimum absolute atomic E-state index is 0.0176. The van der Waals surface area contributed by atoms with Gasteiger partial charge in [-0.1, -0.05) is 12.1 Å². The van der Waals surface area contributed by atoms with Gasteiger partial charge < -0.3 is 19.6 Å². The third kappa shape index (κ3) is 3.69. The van der Waals surface area contributed by atoms with Crippen molar-refractivity contribution < 1.29 is 19.5 Å². The van der Waals surface area contributed by atoms with Crippen molar-refractivity contribution in [2.24, 2.45) is 0 Å². The Labute approximate surface area is 136 Å². The Hall–Kier alpha value is -3.36. The van der Waals surface area contributed by atoms with Crippen LogP contribution in [0.15, 0.2) is 23.0 Å². The van der Waals surface area contributed by atoms with Gasteiger partial charge in [0.05, 0.1) is 18.6 Å². The number of aromatic hydroxyl groups is 1. The third-order valence-corrected chi connectivity index (χ3v) is 3.00. The molecule has 0 radical (unpaired) electrons. The molecule has 0 saturated carbocycles. The molecule has 0 spiro atoms. The highest BCUT2D eigenvalue weighted by Crippen LogP contribution is 2.28. The number of benzene rings is 1. The molecule has 0 saturated heterocycles. The van der Waals surface area contributed by atoms with E-state index >= 15 is 0 Å². The van der Waals surface area contributed by atoms with Crippen LogP contribution in [0.3, 0.4) is 0 Å². The topological polar surface area (TPSA) is 128 Å². The fourth-order valence-electron chi connectivity index (χ4n) is 1.95. The first kappa shape index (κ1) is 17.0. The summed E-state index contributed by atoms with van der Waals surface area (Å²) in [7, 11) is 1.51. The van der Waals surface area contributed by atoms with Crippen LogP contribution in [0.1, 0.15) is 18.3 Å². The first-order chi connectivity index (χ1) is 11.5. The Morgan fingerprint density at radius 3 is 2.71 bits per heavy atom. The average Bonchev–Trinajstić information content (AvgIpc) is 2.53. The van der Waals surface area contributed by atoms with Gasteiger partial charge in [-0.3, -0.25) is 14.9 Å². The molecule has 0 fully saturated rings. The number of hydrogen-bond acceptors (Lipinski definition) is 7. The van der Waals surface area contributed by atoms with Crippen LogP contribution in [0.25, 0.3) is 12.2 Å². The van der Waals surface area contributed by atoms with Crippen molar-refractivity contribution in [3.8, 4) is 17.4 Å². The van der Waals surface area contributed by atoms with E-state index in [2.05, 4.69) is 9.97 Å². The summed E-state index contributed by atoms with van der Waals surface area (Å²) in [6, 6.07) is 5.20. The van der Waals surface area contributed by atoms with Crippen LogP contribution >= 0.6 is 0 Å². The molecule has 24 heavy (non-hydrogen) atoms. The zero-order chi connectivity index (χ0) is 17.7. The number of H-pyrrole nitrogens is 1. The van der Waals surface area contributed by atoms with Gasteiger partial charge in [0.15, 0.2) is 11.5 Å². The molecule has 9 nitrogen and oxygen atoms in total. The zero-order valence-electron chi connectivity index (χ0n) is 13.0. The molecular weight excluding hydrogens is 318 g/mol. The Morgan fingerprint density at radius 2 is 2.12 bits per heavy atom. The number of nitrogens with zero attached hydrogens (tertiary/aromatic N) is 2. The van der Waals surface area contributed by atoms with E-state index < -0.39 is 22.0 Å². The number of nitro groups is 1. The van der Waals surface area contributed by atoms with E-state index in [0.717, 1.165) is 5.56 Å². The van der Waals surface area contributed by atoms with Crippen LogP contribution in [-0.4, -0.2) is 33.7 Å². The van der Waals surface area contributed by atoms with E-state index in [9.17, 15) is 20.0 Å². The second-order valence-corrected chi connectivity index (χ2v) is 4.56. The number of aromatic nitrogens is 2. The van der Waals surface area contributed by atoms with Crippen LogP contribution < -0.4 is 15.0 Å². The van der Waals surface area contributed by atoms with Crippen LogP contribution in [0.5, 0.6) is 17.4 Å². The summed E-state index contributed by atoms with van der Waals surface area (Å²) in [4.78, 5) is 27.0. The summed E-state index contributed by atoms with van der Waals surface area (Å²) in [5.74, 6) is 0.173. The SMILES string of the molecule is CCOc1ccc(/C=C\c2nc(O)c([N+](=O)[O-])c(=O)[nH]2)cc1OC. The van der Waals surface area contributed by atoms with Gasteiger partial charge in [0, 0.05) is 0 Å². The molecule has 2 rings (SSSR count). The fraction of sp³-hybridized carbons (Fsp3) is 0.200. The molecule has 0 aliphatic rings. The van der Waals surface area contributed by atoms with E-state index in [-0.39, 0.29) is 5.82 Å². The molecule has 0 unspecified atom stereocenters. The summed E-state index contributed by atoms with van der Waals surface area (Å²) >= 11 is 0. The highest BCUT2D eigenvalue weighted by molar-refractivity contribution is 5.68. The van der Waals surface area contributed by atoms with Crippen molar-refractivity contribution >= 4 is 17.8 Å². The Balaban J connectivity index is 2.31. The van der Waals surface area contributed by atoms with E-state index in [1.807, 2.05) is 6.92 Å². The lowest BCUT2D eigenvalue weighted by Crippen LogP contribution is -2.14. The molecule has 0 aliphatic carbocycles. The molecule has 0 aliphatic heterocycles. The molecule has 1 aromatic heterocycles. The Morgan fingerprint density at radius 1 is 1.38 bits per heavy atom. The molecule has 126 valence electrons. The van der Waals surface area contributed by atoms with Crippen LogP contribution in [0.4, 0.5) is 5.69 Å². The number of nitrogens with one attached hydrogen (secondary N) is 1. The Bertz CT molecular complexity index is 844. The maximum Gasteiger partial charge on any atom is 0.395 e. The van der Waals surface area contributed by atoms with Crippen molar-refractivity contribution in [2.45, 2.75) is 6.92 Å². The summed E-state index contributed by atoms with van der Waals surface area (Å²) in [5.41, 5.74) is -1.30. The normalized spacial score (nSPS) is 10.8. The van der Waals surface area contributed by atoms with Gasteiger partial charge in [0.1, 0.15) is 5.82 Å².